The van der Waals surface area contributed by atoms with E-state index >= 15 is 0 Å². The second-order valence-electron chi connectivity index (χ2n) is 3.29. The molecule has 1 amide bonds. The molecule has 0 unspecified atom stereocenters. The van der Waals surface area contributed by atoms with Crippen molar-refractivity contribution in [2.24, 2.45) is 5.73 Å². The first kappa shape index (κ1) is 11.5. The average molecular weight is 208 g/mol. The summed E-state index contributed by atoms with van der Waals surface area (Å²) in [5.74, 6) is 0.377. The molecule has 0 aliphatic rings. The monoisotopic (exact) mass is 208 g/mol. The molecule has 0 bridgehead atoms. The number of nitrogens with two attached hydrogens (primary N) is 1. The van der Waals surface area contributed by atoms with E-state index in [0.29, 0.717) is 5.56 Å². The summed E-state index contributed by atoms with van der Waals surface area (Å²) >= 11 is 0. The average Bonchev–Trinajstić information content (AvgIpc) is 2.26. The molecule has 1 aromatic heterocycles. The Balaban J connectivity index is 2.66. The first-order valence-corrected chi connectivity index (χ1v) is 4.76. The van der Waals surface area contributed by atoms with Crippen molar-refractivity contribution in [3.8, 4) is 0 Å². The molecule has 0 saturated heterocycles. The van der Waals surface area contributed by atoms with Crippen molar-refractivity contribution < 1.29 is 4.79 Å². The number of primary amides is 1. The van der Waals surface area contributed by atoms with Crippen LogP contribution in [0.25, 0.3) is 0 Å². The molecule has 82 valence electrons. The van der Waals surface area contributed by atoms with E-state index < -0.39 is 5.91 Å². The normalized spacial score (nSPS) is 10.0. The van der Waals surface area contributed by atoms with E-state index in [1.165, 1.54) is 6.20 Å². The van der Waals surface area contributed by atoms with Crippen LogP contribution in [-0.2, 0) is 0 Å². The van der Waals surface area contributed by atoms with Crippen LogP contribution in [0.5, 0.6) is 0 Å². The molecule has 0 aromatic carbocycles. The van der Waals surface area contributed by atoms with Crippen LogP contribution in [0.4, 0.5) is 5.82 Å². The topological polar surface area (TPSA) is 71.2 Å². The number of nitrogens with one attached hydrogen (secondary N) is 1. The number of rotatable bonds is 5. The number of aromatic nitrogens is 1. The van der Waals surface area contributed by atoms with Crippen LogP contribution in [0.15, 0.2) is 18.3 Å². The van der Waals surface area contributed by atoms with Gasteiger partial charge in [0.15, 0.2) is 0 Å². The number of hydrogen-bond donors (Lipinski definition) is 2. The lowest BCUT2D eigenvalue weighted by molar-refractivity contribution is 0.1000. The van der Waals surface area contributed by atoms with Gasteiger partial charge < -0.3 is 16.0 Å². The van der Waals surface area contributed by atoms with E-state index in [-0.39, 0.29) is 0 Å². The Labute approximate surface area is 89.3 Å². The van der Waals surface area contributed by atoms with Gasteiger partial charge in [-0.1, -0.05) is 0 Å². The Kier molecular flexibility index (Phi) is 4.05. The molecule has 15 heavy (non-hydrogen) atoms. The Bertz CT molecular complexity index is 323. The minimum absolute atomic E-state index is 0.431. The number of pyridine rings is 1. The van der Waals surface area contributed by atoms with E-state index in [0.717, 1.165) is 18.9 Å². The number of amides is 1. The smallest absolute Gasteiger partial charge is 0.250 e. The zero-order chi connectivity index (χ0) is 11.3. The van der Waals surface area contributed by atoms with E-state index in [1.807, 2.05) is 19.0 Å². The molecule has 5 heteroatoms. The number of likely N-dealkylation sites (N-methyl/N-ethyl adjacent to an activating group) is 2. The summed E-state index contributed by atoms with van der Waals surface area (Å²) in [4.78, 5) is 17.0. The van der Waals surface area contributed by atoms with Crippen LogP contribution < -0.4 is 16.0 Å². The third kappa shape index (κ3) is 3.21. The molecular formula is C10H16N4O. The first-order valence-electron chi connectivity index (χ1n) is 4.76. The van der Waals surface area contributed by atoms with E-state index in [1.54, 1.807) is 12.1 Å². The fourth-order valence-electron chi connectivity index (χ4n) is 1.15. The lowest BCUT2D eigenvalue weighted by atomic mass is 10.2. The van der Waals surface area contributed by atoms with Gasteiger partial charge >= 0.3 is 0 Å². The van der Waals surface area contributed by atoms with Crippen LogP contribution in [0.3, 0.4) is 0 Å². The van der Waals surface area contributed by atoms with Gasteiger partial charge in [0, 0.05) is 26.3 Å². The van der Waals surface area contributed by atoms with Crippen molar-refractivity contribution in [3.05, 3.63) is 23.9 Å². The lowest BCUT2D eigenvalue weighted by Crippen LogP contribution is -2.27. The van der Waals surface area contributed by atoms with Gasteiger partial charge in [0.25, 0.3) is 0 Å². The first-order chi connectivity index (χ1) is 7.15. The van der Waals surface area contributed by atoms with Crippen LogP contribution in [0, 0.1) is 0 Å². The molecule has 1 rings (SSSR count). The Morgan fingerprint density at radius 2 is 2.33 bits per heavy atom. The van der Waals surface area contributed by atoms with E-state index in [2.05, 4.69) is 10.3 Å². The number of anilines is 1. The highest BCUT2D eigenvalue weighted by Gasteiger charge is 2.03. The highest BCUT2D eigenvalue weighted by atomic mass is 16.1. The van der Waals surface area contributed by atoms with Crippen molar-refractivity contribution >= 4 is 11.7 Å². The highest BCUT2D eigenvalue weighted by molar-refractivity contribution is 5.92. The van der Waals surface area contributed by atoms with Gasteiger partial charge in [-0.05, 0) is 19.2 Å². The predicted octanol–water partition coefficient (Wildman–Crippen LogP) is -0.164. The molecule has 0 spiro atoms. The number of carbonyl (C=O) groups is 1. The maximum Gasteiger partial charge on any atom is 0.250 e. The minimum atomic E-state index is -0.452. The summed E-state index contributed by atoms with van der Waals surface area (Å²) < 4.78 is 0. The second kappa shape index (κ2) is 5.31. The van der Waals surface area contributed by atoms with E-state index in [4.69, 9.17) is 5.73 Å². The van der Waals surface area contributed by atoms with Gasteiger partial charge in [-0.2, -0.15) is 0 Å². The predicted molar refractivity (Wildman–Crippen MR) is 60.0 cm³/mol. The molecular weight excluding hydrogens is 192 g/mol. The molecule has 0 fully saturated rings. The van der Waals surface area contributed by atoms with Crippen LogP contribution in [0.2, 0.25) is 0 Å². The lowest BCUT2D eigenvalue weighted by Gasteiger charge is -2.17. The molecule has 0 atom stereocenters. The fourth-order valence-corrected chi connectivity index (χ4v) is 1.15. The molecule has 1 heterocycles. The number of carbonyl (C=O) groups excluding carboxylic acids is 1. The maximum atomic E-state index is 10.8. The van der Waals surface area contributed by atoms with Gasteiger partial charge in [0.2, 0.25) is 5.91 Å². The Hall–Kier alpha value is -1.62. The van der Waals surface area contributed by atoms with Gasteiger partial charge in [-0.25, -0.2) is 4.98 Å². The van der Waals surface area contributed by atoms with Crippen LogP contribution >= 0.6 is 0 Å². The second-order valence-corrected chi connectivity index (χ2v) is 3.29. The molecule has 0 saturated carbocycles. The summed E-state index contributed by atoms with van der Waals surface area (Å²) in [6.07, 6.45) is 1.49. The van der Waals surface area contributed by atoms with Crippen molar-refractivity contribution in [2.45, 2.75) is 0 Å². The van der Waals surface area contributed by atoms with E-state index in [9.17, 15) is 4.79 Å². The van der Waals surface area contributed by atoms with Crippen LogP contribution in [-0.4, -0.2) is 38.1 Å². The Morgan fingerprint density at radius 3 is 2.80 bits per heavy atom. The van der Waals surface area contributed by atoms with Crippen molar-refractivity contribution in [1.29, 1.82) is 0 Å². The van der Waals surface area contributed by atoms with Gasteiger partial charge in [-0.3, -0.25) is 4.79 Å². The fraction of sp³-hybridized carbons (Fsp3) is 0.400. The number of hydrogen-bond acceptors (Lipinski definition) is 4. The minimum Gasteiger partial charge on any atom is -0.366 e. The van der Waals surface area contributed by atoms with Crippen molar-refractivity contribution in [2.75, 3.05) is 32.1 Å². The maximum absolute atomic E-state index is 10.8. The summed E-state index contributed by atoms with van der Waals surface area (Å²) in [5.41, 5.74) is 5.55. The van der Waals surface area contributed by atoms with Crippen molar-refractivity contribution in [3.63, 3.8) is 0 Å². The van der Waals surface area contributed by atoms with Gasteiger partial charge in [-0.15, -0.1) is 0 Å². The third-order valence-electron chi connectivity index (χ3n) is 2.12. The van der Waals surface area contributed by atoms with Crippen molar-refractivity contribution in [1.82, 2.24) is 10.3 Å². The quantitative estimate of drug-likeness (QED) is 0.705. The molecule has 3 N–H and O–H groups in total. The summed E-state index contributed by atoms with van der Waals surface area (Å²) in [6, 6.07) is 3.47. The summed E-state index contributed by atoms with van der Waals surface area (Å²) in [6.45, 7) is 1.75. The number of nitrogens with zero attached hydrogens (tertiary/aromatic N) is 2. The molecule has 0 aliphatic heterocycles. The summed E-state index contributed by atoms with van der Waals surface area (Å²) in [5, 5.41) is 3.05. The van der Waals surface area contributed by atoms with Crippen LogP contribution in [0.1, 0.15) is 10.4 Å². The molecule has 0 aliphatic carbocycles. The van der Waals surface area contributed by atoms with Gasteiger partial charge in [0.1, 0.15) is 5.82 Å². The standard InChI is InChI=1S/C10H16N4O/c1-12-5-6-14(2)9-4-3-8(7-13-9)10(11)15/h3-4,7,12H,5-6H2,1-2H3,(H2,11,15). The SMILES string of the molecule is CNCCN(C)c1ccc(C(N)=O)cn1. The largest absolute Gasteiger partial charge is 0.366 e. The third-order valence-corrected chi connectivity index (χ3v) is 2.12. The molecule has 1 aromatic rings. The Morgan fingerprint density at radius 1 is 1.60 bits per heavy atom. The highest BCUT2D eigenvalue weighted by Crippen LogP contribution is 2.08. The summed E-state index contributed by atoms with van der Waals surface area (Å²) in [7, 11) is 3.85. The molecule has 0 radical (unpaired) electrons. The molecule has 5 nitrogen and oxygen atoms in total. The zero-order valence-corrected chi connectivity index (χ0v) is 9.03. The zero-order valence-electron chi connectivity index (χ0n) is 9.03. The van der Waals surface area contributed by atoms with Gasteiger partial charge in [0.05, 0.1) is 5.56 Å².